The number of thioether (sulfide) groups is 1. The maximum absolute atomic E-state index is 12.0. The van der Waals surface area contributed by atoms with E-state index in [0.717, 1.165) is 15.5 Å². The van der Waals surface area contributed by atoms with Crippen molar-refractivity contribution < 1.29 is 4.79 Å². The highest BCUT2D eigenvalue weighted by atomic mass is 32.2. The fraction of sp³-hybridized carbons (Fsp3) is 0.133. The van der Waals surface area contributed by atoms with E-state index in [1.165, 1.54) is 28.7 Å². The molecule has 3 aromatic rings. The van der Waals surface area contributed by atoms with E-state index >= 15 is 0 Å². The molecule has 0 aliphatic heterocycles. The van der Waals surface area contributed by atoms with E-state index in [-0.39, 0.29) is 5.91 Å². The molecular formula is C15H13N3OS3. The van der Waals surface area contributed by atoms with Crippen molar-refractivity contribution in [3.8, 4) is 10.6 Å². The van der Waals surface area contributed by atoms with Crippen LogP contribution in [0.2, 0.25) is 0 Å². The Bertz CT molecular complexity index is 768. The largest absolute Gasteiger partial charge is 0.300 e. The number of benzene rings is 1. The van der Waals surface area contributed by atoms with Gasteiger partial charge in [0.1, 0.15) is 5.01 Å². The van der Waals surface area contributed by atoms with Gasteiger partial charge in [-0.2, -0.15) is 11.3 Å². The number of thiophene rings is 1. The van der Waals surface area contributed by atoms with Gasteiger partial charge in [0.25, 0.3) is 0 Å². The molecule has 0 fully saturated rings. The highest BCUT2D eigenvalue weighted by molar-refractivity contribution is 8.00. The summed E-state index contributed by atoms with van der Waals surface area (Å²) < 4.78 is 0. The molecule has 22 heavy (non-hydrogen) atoms. The molecule has 4 nitrogen and oxygen atoms in total. The third-order valence-corrected chi connectivity index (χ3v) is 5.64. The zero-order valence-electron chi connectivity index (χ0n) is 11.8. The number of hydrogen-bond donors (Lipinski definition) is 1. The zero-order chi connectivity index (χ0) is 15.4. The molecular weight excluding hydrogens is 334 g/mol. The monoisotopic (exact) mass is 347 g/mol. The molecule has 0 saturated heterocycles. The number of carbonyl (C=O) groups is 1. The summed E-state index contributed by atoms with van der Waals surface area (Å²) in [5.74, 6) is 0.291. The Morgan fingerprint density at radius 2 is 2.14 bits per heavy atom. The lowest BCUT2D eigenvalue weighted by Gasteiger charge is -2.04. The summed E-state index contributed by atoms with van der Waals surface area (Å²) in [5, 5.41) is 16.3. The fourth-order valence-corrected chi connectivity index (χ4v) is 4.09. The molecule has 3 rings (SSSR count). The second kappa shape index (κ2) is 7.04. The SMILES string of the molecule is Cc1ccccc1SCC(=O)Nc1nnc(-c2ccsc2)s1. The van der Waals surface area contributed by atoms with Crippen LogP contribution in [0, 0.1) is 6.92 Å². The van der Waals surface area contributed by atoms with E-state index < -0.39 is 0 Å². The van der Waals surface area contributed by atoms with Crippen LogP contribution in [0.5, 0.6) is 0 Å². The lowest BCUT2D eigenvalue weighted by Crippen LogP contribution is -2.13. The van der Waals surface area contributed by atoms with Crippen LogP contribution in [0.1, 0.15) is 5.56 Å². The number of carbonyl (C=O) groups excluding carboxylic acids is 1. The molecule has 1 aromatic carbocycles. The van der Waals surface area contributed by atoms with Crippen molar-refractivity contribution >= 4 is 45.5 Å². The summed E-state index contributed by atoms with van der Waals surface area (Å²) in [7, 11) is 0. The van der Waals surface area contributed by atoms with Crippen LogP contribution < -0.4 is 5.32 Å². The third kappa shape index (κ3) is 3.73. The van der Waals surface area contributed by atoms with E-state index in [4.69, 9.17) is 0 Å². The number of amides is 1. The first kappa shape index (κ1) is 15.2. The van der Waals surface area contributed by atoms with Gasteiger partial charge in [-0.25, -0.2) is 0 Å². The normalized spacial score (nSPS) is 10.6. The van der Waals surface area contributed by atoms with Crippen LogP contribution in [0.15, 0.2) is 46.0 Å². The minimum Gasteiger partial charge on any atom is -0.300 e. The van der Waals surface area contributed by atoms with E-state index in [9.17, 15) is 4.79 Å². The van der Waals surface area contributed by atoms with E-state index in [1.54, 1.807) is 11.3 Å². The summed E-state index contributed by atoms with van der Waals surface area (Å²) in [6, 6.07) is 10.0. The molecule has 1 N–H and O–H groups in total. The Balaban J connectivity index is 1.57. The van der Waals surface area contributed by atoms with Crippen LogP contribution in [0.4, 0.5) is 5.13 Å². The molecule has 0 unspecified atom stereocenters. The molecule has 0 aliphatic carbocycles. The van der Waals surface area contributed by atoms with Gasteiger partial charge < -0.3 is 0 Å². The number of anilines is 1. The van der Waals surface area contributed by atoms with Crippen LogP contribution in [-0.2, 0) is 4.79 Å². The Labute approximate surface area is 140 Å². The van der Waals surface area contributed by atoms with Gasteiger partial charge >= 0.3 is 0 Å². The van der Waals surface area contributed by atoms with Crippen LogP contribution in [-0.4, -0.2) is 21.9 Å². The smallest absolute Gasteiger partial charge is 0.236 e. The average molecular weight is 347 g/mol. The lowest BCUT2D eigenvalue weighted by atomic mass is 10.2. The predicted molar refractivity (Wildman–Crippen MR) is 93.8 cm³/mol. The van der Waals surface area contributed by atoms with Gasteiger partial charge in [-0.1, -0.05) is 29.5 Å². The topological polar surface area (TPSA) is 54.9 Å². The van der Waals surface area contributed by atoms with E-state index in [2.05, 4.69) is 15.5 Å². The fourth-order valence-electron chi connectivity index (χ4n) is 1.79. The van der Waals surface area contributed by atoms with Crippen molar-refractivity contribution in [2.24, 2.45) is 0 Å². The second-order valence-electron chi connectivity index (χ2n) is 4.53. The number of rotatable bonds is 5. The predicted octanol–water partition coefficient (Wildman–Crippen LogP) is 4.31. The first-order valence-corrected chi connectivity index (χ1v) is 9.31. The van der Waals surface area contributed by atoms with Gasteiger partial charge in [0.2, 0.25) is 11.0 Å². The number of aryl methyl sites for hydroxylation is 1. The summed E-state index contributed by atoms with van der Waals surface area (Å²) >= 11 is 4.52. The first-order chi connectivity index (χ1) is 10.7. The van der Waals surface area contributed by atoms with Crippen molar-refractivity contribution in [1.82, 2.24) is 10.2 Å². The van der Waals surface area contributed by atoms with Gasteiger partial charge in [-0.15, -0.1) is 22.0 Å². The Hall–Kier alpha value is -1.70. The van der Waals surface area contributed by atoms with Gasteiger partial charge in [-0.05, 0) is 30.0 Å². The first-order valence-electron chi connectivity index (χ1n) is 6.57. The maximum atomic E-state index is 12.0. The Morgan fingerprint density at radius 3 is 2.91 bits per heavy atom. The van der Waals surface area contributed by atoms with E-state index in [0.29, 0.717) is 10.9 Å². The standard InChI is InChI=1S/C15H13N3OS3/c1-10-4-2-3-5-12(10)21-9-13(19)16-15-18-17-14(22-15)11-6-7-20-8-11/h2-8H,9H2,1H3,(H,16,18,19). The number of nitrogens with zero attached hydrogens (tertiary/aromatic N) is 2. The highest BCUT2D eigenvalue weighted by Gasteiger charge is 2.10. The molecule has 0 bridgehead atoms. The van der Waals surface area contributed by atoms with Crippen molar-refractivity contribution in [3.63, 3.8) is 0 Å². The van der Waals surface area contributed by atoms with Crippen LogP contribution in [0.3, 0.4) is 0 Å². The maximum Gasteiger partial charge on any atom is 0.236 e. The molecule has 0 aliphatic rings. The summed E-state index contributed by atoms with van der Waals surface area (Å²) in [5.41, 5.74) is 2.22. The molecule has 0 atom stereocenters. The van der Waals surface area contributed by atoms with Crippen LogP contribution in [0.25, 0.3) is 10.6 Å². The molecule has 7 heteroatoms. The molecule has 2 heterocycles. The molecule has 112 valence electrons. The highest BCUT2D eigenvalue weighted by Crippen LogP contribution is 2.28. The summed E-state index contributed by atoms with van der Waals surface area (Å²) in [6.07, 6.45) is 0. The number of hydrogen-bond acceptors (Lipinski definition) is 6. The van der Waals surface area contributed by atoms with Crippen molar-refractivity contribution in [3.05, 3.63) is 46.7 Å². The van der Waals surface area contributed by atoms with Crippen molar-refractivity contribution in [1.29, 1.82) is 0 Å². The molecule has 0 radical (unpaired) electrons. The van der Waals surface area contributed by atoms with Crippen LogP contribution >= 0.6 is 34.4 Å². The minimum atomic E-state index is -0.0683. The van der Waals surface area contributed by atoms with Gasteiger partial charge in [0.05, 0.1) is 5.75 Å². The van der Waals surface area contributed by atoms with Gasteiger partial charge in [0.15, 0.2) is 0 Å². The molecule has 2 aromatic heterocycles. The minimum absolute atomic E-state index is 0.0683. The quantitative estimate of drug-likeness (QED) is 0.699. The average Bonchev–Trinajstić information content (AvgIpc) is 3.17. The second-order valence-corrected chi connectivity index (χ2v) is 7.30. The molecule has 1 amide bonds. The summed E-state index contributed by atoms with van der Waals surface area (Å²) in [6.45, 7) is 2.04. The van der Waals surface area contributed by atoms with Gasteiger partial charge in [-0.3, -0.25) is 10.1 Å². The summed E-state index contributed by atoms with van der Waals surface area (Å²) in [4.78, 5) is 13.1. The zero-order valence-corrected chi connectivity index (χ0v) is 14.2. The Kier molecular flexibility index (Phi) is 4.87. The molecule has 0 saturated carbocycles. The van der Waals surface area contributed by atoms with Crippen molar-refractivity contribution in [2.45, 2.75) is 11.8 Å². The lowest BCUT2D eigenvalue weighted by molar-refractivity contribution is -0.113. The van der Waals surface area contributed by atoms with Gasteiger partial charge in [0, 0.05) is 15.8 Å². The molecule has 0 spiro atoms. The number of aromatic nitrogens is 2. The Morgan fingerprint density at radius 1 is 1.27 bits per heavy atom. The van der Waals surface area contributed by atoms with Crippen molar-refractivity contribution in [2.75, 3.05) is 11.1 Å². The van der Waals surface area contributed by atoms with E-state index in [1.807, 2.05) is 48.0 Å². The third-order valence-electron chi connectivity index (χ3n) is 2.89. The number of nitrogens with one attached hydrogen (secondary N) is 1.